The van der Waals surface area contributed by atoms with Crippen molar-refractivity contribution in [3.8, 4) is 5.75 Å². The van der Waals surface area contributed by atoms with Crippen molar-refractivity contribution in [3.63, 3.8) is 0 Å². The normalized spacial score (nSPS) is 13.6. The lowest BCUT2D eigenvalue weighted by Gasteiger charge is -2.21. The monoisotopic (exact) mass is 421 g/mol. The van der Waals surface area contributed by atoms with E-state index < -0.39 is 14.9 Å². The van der Waals surface area contributed by atoms with Crippen molar-refractivity contribution in [1.82, 2.24) is 4.31 Å². The summed E-state index contributed by atoms with van der Waals surface area (Å²) in [4.78, 5) is 11.0. The van der Waals surface area contributed by atoms with Crippen LogP contribution in [0.4, 0.5) is 11.4 Å². The van der Waals surface area contributed by atoms with Crippen molar-refractivity contribution in [1.29, 1.82) is 0 Å². The topological polar surface area (TPSA) is 111 Å². The Bertz CT molecular complexity index is 988. The predicted octanol–water partition coefficient (Wildman–Crippen LogP) is 3.10. The number of non-ortho nitro benzene ring substituents is 1. The summed E-state index contributed by atoms with van der Waals surface area (Å²) in [5, 5.41) is 14.4. The molecule has 2 aromatic carbocycles. The molecule has 29 heavy (non-hydrogen) atoms. The molecule has 0 bridgehead atoms. The third kappa shape index (κ3) is 4.50. The second-order valence-electron chi connectivity index (χ2n) is 6.43. The third-order valence-electron chi connectivity index (χ3n) is 4.66. The Morgan fingerprint density at radius 3 is 2.48 bits per heavy atom. The maximum atomic E-state index is 12.6. The van der Waals surface area contributed by atoms with Crippen molar-refractivity contribution < 1.29 is 22.8 Å². The summed E-state index contributed by atoms with van der Waals surface area (Å²) in [6, 6.07) is 9.35. The van der Waals surface area contributed by atoms with E-state index >= 15 is 0 Å². The number of nitrogens with zero attached hydrogens (tertiary/aromatic N) is 2. The molecule has 1 heterocycles. The van der Waals surface area contributed by atoms with Crippen molar-refractivity contribution in [3.05, 3.63) is 57.6 Å². The highest BCUT2D eigenvalue weighted by molar-refractivity contribution is 7.89. The molecule has 0 spiro atoms. The van der Waals surface area contributed by atoms with Gasteiger partial charge in [-0.3, -0.25) is 10.1 Å². The molecule has 0 radical (unpaired) electrons. The summed E-state index contributed by atoms with van der Waals surface area (Å²) >= 11 is 0. The first-order valence-corrected chi connectivity index (χ1v) is 10.7. The SMILES string of the molecule is CCN(CC)S(=O)(=O)c1ccc(NCc2cc([N+](=O)[O-])cc3c2OCOC3)cc1. The van der Waals surface area contributed by atoms with Crippen LogP contribution in [0.5, 0.6) is 5.75 Å². The number of nitro groups is 1. The molecule has 0 unspecified atom stereocenters. The number of anilines is 1. The van der Waals surface area contributed by atoms with Crippen LogP contribution >= 0.6 is 0 Å². The van der Waals surface area contributed by atoms with Gasteiger partial charge in [0.25, 0.3) is 5.69 Å². The van der Waals surface area contributed by atoms with Gasteiger partial charge in [0.1, 0.15) is 5.75 Å². The Hall–Kier alpha value is -2.69. The van der Waals surface area contributed by atoms with Crippen LogP contribution in [0, 0.1) is 10.1 Å². The second kappa shape index (κ2) is 8.76. The molecular weight excluding hydrogens is 398 g/mol. The number of fused-ring (bicyclic) bond motifs is 1. The molecular formula is C19H23N3O6S. The largest absolute Gasteiger partial charge is 0.467 e. The van der Waals surface area contributed by atoms with Gasteiger partial charge in [-0.15, -0.1) is 0 Å². The molecule has 156 valence electrons. The van der Waals surface area contributed by atoms with E-state index in [0.29, 0.717) is 35.7 Å². The van der Waals surface area contributed by atoms with E-state index in [0.717, 1.165) is 0 Å². The highest BCUT2D eigenvalue weighted by Crippen LogP contribution is 2.33. The standard InChI is InChI=1S/C19H23N3O6S/c1-3-21(4-2)29(25,26)18-7-5-16(6-8-18)20-11-14-9-17(22(23)24)10-15-12-27-13-28-19(14)15/h5-10,20H,3-4,11-13H2,1-2H3. The molecule has 0 amide bonds. The number of nitrogens with one attached hydrogen (secondary N) is 1. The minimum absolute atomic E-state index is 0.0321. The predicted molar refractivity (Wildman–Crippen MR) is 107 cm³/mol. The zero-order valence-corrected chi connectivity index (χ0v) is 17.1. The maximum Gasteiger partial charge on any atom is 0.270 e. The Morgan fingerprint density at radius 1 is 1.17 bits per heavy atom. The van der Waals surface area contributed by atoms with Gasteiger partial charge >= 0.3 is 0 Å². The lowest BCUT2D eigenvalue weighted by Crippen LogP contribution is -2.30. The summed E-state index contributed by atoms with van der Waals surface area (Å²) < 4.78 is 37.2. The molecule has 0 fully saturated rings. The van der Waals surface area contributed by atoms with Gasteiger partial charge in [-0.05, 0) is 24.3 Å². The molecule has 0 aromatic heterocycles. The first-order valence-electron chi connectivity index (χ1n) is 9.21. The number of ether oxygens (including phenoxy) is 2. The van der Waals surface area contributed by atoms with Crippen molar-refractivity contribution >= 4 is 21.4 Å². The van der Waals surface area contributed by atoms with Gasteiger partial charge < -0.3 is 14.8 Å². The van der Waals surface area contributed by atoms with E-state index in [9.17, 15) is 18.5 Å². The fourth-order valence-corrected chi connectivity index (χ4v) is 4.63. The molecule has 0 atom stereocenters. The second-order valence-corrected chi connectivity index (χ2v) is 8.37. The average molecular weight is 421 g/mol. The molecule has 0 saturated carbocycles. The lowest BCUT2D eigenvalue weighted by atomic mass is 10.1. The zero-order valence-electron chi connectivity index (χ0n) is 16.3. The third-order valence-corrected chi connectivity index (χ3v) is 6.73. The number of nitro benzene ring substituents is 1. The number of hydrogen-bond acceptors (Lipinski definition) is 7. The van der Waals surface area contributed by atoms with Crippen molar-refractivity contribution in [2.24, 2.45) is 0 Å². The van der Waals surface area contributed by atoms with Gasteiger partial charge in [-0.25, -0.2) is 8.42 Å². The molecule has 1 N–H and O–H groups in total. The minimum Gasteiger partial charge on any atom is -0.467 e. The maximum absolute atomic E-state index is 12.6. The van der Waals surface area contributed by atoms with Crippen LogP contribution in [0.2, 0.25) is 0 Å². The Morgan fingerprint density at radius 2 is 1.86 bits per heavy atom. The molecule has 9 nitrogen and oxygen atoms in total. The van der Waals surface area contributed by atoms with Gasteiger partial charge in [-0.2, -0.15) is 4.31 Å². The van der Waals surface area contributed by atoms with Crippen LogP contribution < -0.4 is 10.1 Å². The summed E-state index contributed by atoms with van der Waals surface area (Å²) in [5.41, 5.74) is 1.92. The smallest absolute Gasteiger partial charge is 0.270 e. The van der Waals surface area contributed by atoms with E-state index in [1.54, 1.807) is 38.1 Å². The van der Waals surface area contributed by atoms with Crippen LogP contribution in [-0.4, -0.2) is 37.5 Å². The number of benzene rings is 2. The van der Waals surface area contributed by atoms with E-state index in [2.05, 4.69) is 5.32 Å². The molecule has 1 aliphatic rings. The zero-order chi connectivity index (χ0) is 21.0. The van der Waals surface area contributed by atoms with E-state index in [4.69, 9.17) is 9.47 Å². The number of rotatable bonds is 8. The first kappa shape index (κ1) is 21.0. The van der Waals surface area contributed by atoms with Crippen LogP contribution in [0.3, 0.4) is 0 Å². The van der Waals surface area contributed by atoms with Gasteiger partial charge in [0.05, 0.1) is 16.4 Å². The van der Waals surface area contributed by atoms with E-state index in [-0.39, 0.29) is 30.5 Å². The average Bonchev–Trinajstić information content (AvgIpc) is 2.72. The molecule has 2 aromatic rings. The number of hydrogen-bond donors (Lipinski definition) is 1. The van der Waals surface area contributed by atoms with E-state index in [1.807, 2.05) is 0 Å². The molecule has 10 heteroatoms. The lowest BCUT2D eigenvalue weighted by molar-refractivity contribution is -0.385. The molecule has 0 aliphatic carbocycles. The highest BCUT2D eigenvalue weighted by atomic mass is 32.2. The molecule has 3 rings (SSSR count). The summed E-state index contributed by atoms with van der Waals surface area (Å²) in [5.74, 6) is 0.579. The summed E-state index contributed by atoms with van der Waals surface area (Å²) in [6.07, 6.45) is 0. The number of sulfonamides is 1. The Balaban J connectivity index is 1.79. The summed E-state index contributed by atoms with van der Waals surface area (Å²) in [7, 11) is -3.52. The van der Waals surface area contributed by atoms with Crippen LogP contribution in [0.25, 0.3) is 0 Å². The van der Waals surface area contributed by atoms with Gasteiger partial charge in [0, 0.05) is 48.6 Å². The van der Waals surface area contributed by atoms with Crippen molar-refractivity contribution in [2.45, 2.75) is 31.9 Å². The van der Waals surface area contributed by atoms with E-state index in [1.165, 1.54) is 16.4 Å². The Labute approximate surface area is 169 Å². The molecule has 0 saturated heterocycles. The Kier molecular flexibility index (Phi) is 6.36. The van der Waals surface area contributed by atoms with Crippen molar-refractivity contribution in [2.75, 3.05) is 25.2 Å². The fourth-order valence-electron chi connectivity index (χ4n) is 3.17. The minimum atomic E-state index is -3.52. The van der Waals surface area contributed by atoms with Gasteiger partial charge in [0.15, 0.2) is 6.79 Å². The van der Waals surface area contributed by atoms with Gasteiger partial charge in [-0.1, -0.05) is 13.8 Å². The fraction of sp³-hybridized carbons (Fsp3) is 0.368. The van der Waals surface area contributed by atoms with Gasteiger partial charge in [0.2, 0.25) is 10.0 Å². The quantitative estimate of drug-likeness (QED) is 0.515. The highest BCUT2D eigenvalue weighted by Gasteiger charge is 2.22. The van der Waals surface area contributed by atoms with Crippen LogP contribution in [-0.2, 0) is 27.9 Å². The first-order chi connectivity index (χ1) is 13.9. The molecule has 1 aliphatic heterocycles. The van der Waals surface area contributed by atoms with Crippen LogP contribution in [0.1, 0.15) is 25.0 Å². The summed E-state index contributed by atoms with van der Waals surface area (Å²) in [6.45, 7) is 5.03. The van der Waals surface area contributed by atoms with Crippen LogP contribution in [0.15, 0.2) is 41.3 Å².